The molecule has 142 valence electrons. The largest absolute Gasteiger partial charge is 0.462 e. The number of aromatic nitrogens is 3. The molecule has 0 N–H and O–H groups in total. The molecule has 3 rings (SSSR count). The van der Waals surface area contributed by atoms with Crippen LogP contribution >= 0.6 is 0 Å². The van der Waals surface area contributed by atoms with Crippen LogP contribution in [-0.2, 0) is 10.9 Å². The molecule has 0 amide bonds. The van der Waals surface area contributed by atoms with E-state index in [9.17, 15) is 18.0 Å². The number of fused-ring (bicyclic) bond motifs is 1. The Balaban J connectivity index is 2.43. The summed E-state index contributed by atoms with van der Waals surface area (Å²) >= 11 is 0. The molecule has 0 atom stereocenters. The minimum Gasteiger partial charge on any atom is -0.462 e. The lowest BCUT2D eigenvalue weighted by Gasteiger charge is -2.16. The van der Waals surface area contributed by atoms with Crippen molar-refractivity contribution in [1.82, 2.24) is 14.5 Å². The molecule has 0 aliphatic heterocycles. The van der Waals surface area contributed by atoms with E-state index in [0.717, 1.165) is 4.57 Å². The number of carbonyl (C=O) groups is 1. The van der Waals surface area contributed by atoms with Crippen molar-refractivity contribution in [3.63, 3.8) is 0 Å². The molecule has 5 nitrogen and oxygen atoms in total. The number of benzene rings is 1. The van der Waals surface area contributed by atoms with Crippen molar-refractivity contribution in [2.24, 2.45) is 0 Å². The van der Waals surface area contributed by atoms with Crippen LogP contribution in [0.2, 0.25) is 0 Å². The van der Waals surface area contributed by atoms with E-state index in [1.165, 1.54) is 6.20 Å². The fraction of sp³-hybridized carbons (Fsp3) is 0.316. The summed E-state index contributed by atoms with van der Waals surface area (Å²) in [5.74, 6) is -1.80. The second-order valence-corrected chi connectivity index (χ2v) is 6.20. The van der Waals surface area contributed by atoms with Crippen molar-refractivity contribution < 1.29 is 22.7 Å². The quantitative estimate of drug-likeness (QED) is 0.609. The number of alkyl halides is 3. The number of imidazole rings is 1. The number of halogens is 3. The number of pyridine rings is 1. The zero-order valence-electron chi connectivity index (χ0n) is 15.0. The van der Waals surface area contributed by atoms with E-state index in [0.29, 0.717) is 5.56 Å². The molecule has 0 saturated heterocycles. The molecule has 0 bridgehead atoms. The van der Waals surface area contributed by atoms with Crippen LogP contribution in [0.5, 0.6) is 0 Å². The Labute approximate surface area is 153 Å². The summed E-state index contributed by atoms with van der Waals surface area (Å²) < 4.78 is 47.0. The Hall–Kier alpha value is -2.90. The Morgan fingerprint density at radius 2 is 1.89 bits per heavy atom. The Kier molecular flexibility index (Phi) is 4.91. The monoisotopic (exact) mass is 377 g/mol. The molecule has 0 unspecified atom stereocenters. The molecule has 0 aliphatic rings. The first-order chi connectivity index (χ1) is 12.8. The van der Waals surface area contributed by atoms with Crippen LogP contribution in [0, 0.1) is 0 Å². The second kappa shape index (κ2) is 7.02. The molecule has 2 aromatic heterocycles. The lowest BCUT2D eigenvalue weighted by Crippen LogP contribution is -2.17. The van der Waals surface area contributed by atoms with Gasteiger partial charge in [-0.05, 0) is 20.8 Å². The number of hydrogen-bond donors (Lipinski definition) is 0. The molecule has 8 heteroatoms. The van der Waals surface area contributed by atoms with Gasteiger partial charge in [-0.3, -0.25) is 4.98 Å². The van der Waals surface area contributed by atoms with E-state index in [2.05, 4.69) is 9.97 Å². The summed E-state index contributed by atoms with van der Waals surface area (Å²) in [7, 11) is 0. The van der Waals surface area contributed by atoms with Crippen LogP contribution in [-0.4, -0.2) is 27.1 Å². The van der Waals surface area contributed by atoms with Crippen LogP contribution in [0.3, 0.4) is 0 Å². The van der Waals surface area contributed by atoms with Crippen molar-refractivity contribution in [1.29, 1.82) is 0 Å². The van der Waals surface area contributed by atoms with Gasteiger partial charge in [0.1, 0.15) is 11.1 Å². The summed E-state index contributed by atoms with van der Waals surface area (Å²) in [6.07, 6.45) is -3.42. The van der Waals surface area contributed by atoms with Gasteiger partial charge >= 0.3 is 12.1 Å². The molecule has 3 aromatic rings. The maximum atomic E-state index is 13.6. The standard InChI is InChI=1S/C19H18F3N3O2/c1-4-27-17(26)13-10-23-14(12-8-6-5-7-9-12)15-16(13)25(11(2)3)18(24-15)19(20,21)22/h5-11H,4H2,1-3H3. The predicted octanol–water partition coefficient (Wildman–Crippen LogP) is 4.87. The van der Waals surface area contributed by atoms with Crippen LogP contribution < -0.4 is 0 Å². The Morgan fingerprint density at radius 1 is 1.22 bits per heavy atom. The highest BCUT2D eigenvalue weighted by atomic mass is 19.4. The Morgan fingerprint density at radius 3 is 2.44 bits per heavy atom. The van der Waals surface area contributed by atoms with Gasteiger partial charge in [0.15, 0.2) is 0 Å². The molecule has 0 radical (unpaired) electrons. The smallest absolute Gasteiger partial charge is 0.449 e. The van der Waals surface area contributed by atoms with Gasteiger partial charge < -0.3 is 9.30 Å². The molecule has 0 spiro atoms. The third-order valence-electron chi connectivity index (χ3n) is 4.03. The van der Waals surface area contributed by atoms with Gasteiger partial charge in [0.25, 0.3) is 0 Å². The second-order valence-electron chi connectivity index (χ2n) is 6.20. The highest BCUT2D eigenvalue weighted by Crippen LogP contribution is 2.37. The minimum absolute atomic E-state index is 0.0211. The van der Waals surface area contributed by atoms with Crippen molar-refractivity contribution in [2.45, 2.75) is 33.0 Å². The highest BCUT2D eigenvalue weighted by molar-refractivity contribution is 6.05. The van der Waals surface area contributed by atoms with E-state index in [4.69, 9.17) is 4.74 Å². The minimum atomic E-state index is -4.68. The number of nitrogens with zero attached hydrogens (tertiary/aromatic N) is 3. The van der Waals surface area contributed by atoms with Crippen LogP contribution in [0.15, 0.2) is 36.5 Å². The summed E-state index contributed by atoms with van der Waals surface area (Å²) in [6.45, 7) is 4.94. The van der Waals surface area contributed by atoms with Gasteiger partial charge in [-0.25, -0.2) is 9.78 Å². The zero-order chi connectivity index (χ0) is 19.8. The first kappa shape index (κ1) is 18.9. The van der Waals surface area contributed by atoms with Gasteiger partial charge in [0.05, 0.1) is 17.8 Å². The normalized spacial score (nSPS) is 12.0. The molecule has 27 heavy (non-hydrogen) atoms. The van der Waals surface area contributed by atoms with Crippen molar-refractivity contribution in [3.8, 4) is 11.3 Å². The van der Waals surface area contributed by atoms with Crippen molar-refractivity contribution >= 4 is 17.0 Å². The van der Waals surface area contributed by atoms with E-state index in [1.807, 2.05) is 0 Å². The van der Waals surface area contributed by atoms with Gasteiger partial charge in [-0.1, -0.05) is 30.3 Å². The van der Waals surface area contributed by atoms with Gasteiger partial charge in [-0.15, -0.1) is 0 Å². The zero-order valence-corrected chi connectivity index (χ0v) is 15.0. The maximum absolute atomic E-state index is 13.6. The number of rotatable bonds is 4. The lowest BCUT2D eigenvalue weighted by atomic mass is 10.1. The van der Waals surface area contributed by atoms with Crippen LogP contribution in [0.25, 0.3) is 22.3 Å². The van der Waals surface area contributed by atoms with Gasteiger partial charge in [0, 0.05) is 17.8 Å². The van der Waals surface area contributed by atoms with E-state index < -0.39 is 24.0 Å². The number of hydrogen-bond acceptors (Lipinski definition) is 4. The van der Waals surface area contributed by atoms with Crippen molar-refractivity contribution in [3.05, 3.63) is 47.9 Å². The third kappa shape index (κ3) is 3.39. The van der Waals surface area contributed by atoms with Gasteiger partial charge in [-0.2, -0.15) is 13.2 Å². The topological polar surface area (TPSA) is 57.0 Å². The number of ether oxygens (including phenoxy) is 1. The summed E-state index contributed by atoms with van der Waals surface area (Å²) in [4.78, 5) is 20.4. The van der Waals surface area contributed by atoms with Crippen LogP contribution in [0.1, 0.15) is 43.0 Å². The maximum Gasteiger partial charge on any atom is 0.449 e. The summed E-state index contributed by atoms with van der Waals surface area (Å²) in [6, 6.07) is 8.19. The molecule has 0 aliphatic carbocycles. The van der Waals surface area contributed by atoms with Gasteiger partial charge in [0.2, 0.25) is 5.82 Å². The first-order valence-electron chi connectivity index (χ1n) is 8.46. The van der Waals surface area contributed by atoms with E-state index >= 15 is 0 Å². The number of carbonyl (C=O) groups excluding carboxylic acids is 1. The number of esters is 1. The van der Waals surface area contributed by atoms with Crippen molar-refractivity contribution in [2.75, 3.05) is 6.61 Å². The SMILES string of the molecule is CCOC(=O)c1cnc(-c2ccccc2)c2nc(C(F)(F)F)n(C(C)C)c12. The molecule has 0 saturated carbocycles. The molecule has 2 heterocycles. The average Bonchev–Trinajstić information content (AvgIpc) is 3.03. The molecule has 0 fully saturated rings. The highest BCUT2D eigenvalue weighted by Gasteiger charge is 2.40. The average molecular weight is 377 g/mol. The first-order valence-corrected chi connectivity index (χ1v) is 8.46. The molecular weight excluding hydrogens is 359 g/mol. The predicted molar refractivity (Wildman–Crippen MR) is 94.3 cm³/mol. The third-order valence-corrected chi connectivity index (χ3v) is 4.03. The van der Waals surface area contributed by atoms with E-state index in [1.54, 1.807) is 51.1 Å². The fourth-order valence-electron chi connectivity index (χ4n) is 2.97. The Bertz CT molecular complexity index is 979. The van der Waals surface area contributed by atoms with Crippen LogP contribution in [0.4, 0.5) is 13.2 Å². The summed E-state index contributed by atoms with van der Waals surface area (Å²) in [5, 5.41) is 0. The lowest BCUT2D eigenvalue weighted by molar-refractivity contribution is -0.147. The fourth-order valence-corrected chi connectivity index (χ4v) is 2.97. The molecule has 1 aromatic carbocycles. The summed E-state index contributed by atoms with van der Waals surface area (Å²) in [5.41, 5.74) is 0.948. The molecular formula is C19H18F3N3O2. The van der Waals surface area contributed by atoms with E-state index in [-0.39, 0.29) is 28.9 Å².